The smallest absolute Gasteiger partial charge is 0.307 e. The second-order valence-corrected chi connectivity index (χ2v) is 3.45. The Morgan fingerprint density at radius 1 is 1.33 bits per heavy atom. The van der Waals surface area contributed by atoms with Gasteiger partial charge in [-0.2, -0.15) is 0 Å². The molecular weight excluding hydrogens is 188 g/mol. The van der Waals surface area contributed by atoms with Crippen molar-refractivity contribution in [1.82, 2.24) is 0 Å². The maximum atomic E-state index is 10.6. The summed E-state index contributed by atoms with van der Waals surface area (Å²) in [5.41, 5.74) is 2.06. The number of rotatable bonds is 5. The third-order valence-corrected chi connectivity index (χ3v) is 2.28. The van der Waals surface area contributed by atoms with Crippen molar-refractivity contribution >= 4 is 5.97 Å². The number of aliphatic carboxylic acids is 1. The van der Waals surface area contributed by atoms with Crippen molar-refractivity contribution < 1.29 is 9.90 Å². The molecule has 1 aromatic carbocycles. The van der Waals surface area contributed by atoms with Gasteiger partial charge in [-0.3, -0.25) is 4.79 Å². The number of carbonyl (C=O) groups is 1. The van der Waals surface area contributed by atoms with Gasteiger partial charge in [-0.1, -0.05) is 36.4 Å². The maximum Gasteiger partial charge on any atom is 0.307 e. The summed E-state index contributed by atoms with van der Waals surface area (Å²) < 4.78 is 0. The molecule has 0 heterocycles. The summed E-state index contributed by atoms with van der Waals surface area (Å²) in [4.78, 5) is 10.6. The van der Waals surface area contributed by atoms with Crippen molar-refractivity contribution in [3.8, 4) is 0 Å². The van der Waals surface area contributed by atoms with Crippen LogP contribution in [-0.4, -0.2) is 11.1 Å². The fraction of sp³-hybridized carbons (Fsp3) is 0.308. The van der Waals surface area contributed by atoms with Crippen LogP contribution in [-0.2, 0) is 17.6 Å². The van der Waals surface area contributed by atoms with Crippen LogP contribution in [0.15, 0.2) is 36.4 Å². The van der Waals surface area contributed by atoms with Gasteiger partial charge in [0.05, 0.1) is 6.42 Å². The van der Waals surface area contributed by atoms with Crippen LogP contribution in [0.1, 0.15) is 24.5 Å². The first-order chi connectivity index (χ1) is 7.24. The number of carboxylic acid groups (broad SMARTS) is 1. The average molecular weight is 204 g/mol. The Hall–Kier alpha value is -1.57. The van der Waals surface area contributed by atoms with Crippen LogP contribution in [0.3, 0.4) is 0 Å². The molecule has 0 radical (unpaired) electrons. The lowest BCUT2D eigenvalue weighted by Crippen LogP contribution is -2.03. The molecule has 0 saturated carbocycles. The molecule has 0 fully saturated rings. The monoisotopic (exact) mass is 204 g/mol. The Kier molecular flexibility index (Phi) is 4.61. The van der Waals surface area contributed by atoms with Crippen molar-refractivity contribution in [3.63, 3.8) is 0 Å². The molecule has 15 heavy (non-hydrogen) atoms. The maximum absolute atomic E-state index is 10.6. The normalized spacial score (nSPS) is 10.7. The zero-order chi connectivity index (χ0) is 11.1. The quantitative estimate of drug-likeness (QED) is 0.749. The minimum absolute atomic E-state index is 0.117. The third kappa shape index (κ3) is 3.98. The van der Waals surface area contributed by atoms with Gasteiger partial charge in [-0.25, -0.2) is 0 Å². The SMILES string of the molecule is C/C=C\CCc1ccccc1CC(=O)O. The molecule has 80 valence electrons. The molecule has 0 bridgehead atoms. The van der Waals surface area contributed by atoms with Gasteiger partial charge in [0.15, 0.2) is 0 Å². The largest absolute Gasteiger partial charge is 0.481 e. The molecule has 0 aliphatic heterocycles. The Balaban J connectivity index is 2.72. The molecule has 1 rings (SSSR count). The molecule has 0 saturated heterocycles. The average Bonchev–Trinajstić information content (AvgIpc) is 2.20. The van der Waals surface area contributed by atoms with Gasteiger partial charge in [0.2, 0.25) is 0 Å². The first-order valence-electron chi connectivity index (χ1n) is 5.13. The van der Waals surface area contributed by atoms with Crippen molar-refractivity contribution in [2.24, 2.45) is 0 Å². The van der Waals surface area contributed by atoms with Crippen LogP contribution in [0.2, 0.25) is 0 Å². The van der Waals surface area contributed by atoms with E-state index in [4.69, 9.17) is 5.11 Å². The minimum atomic E-state index is -0.770. The van der Waals surface area contributed by atoms with E-state index in [1.165, 1.54) is 0 Å². The summed E-state index contributed by atoms with van der Waals surface area (Å²) in [6, 6.07) is 7.73. The first-order valence-corrected chi connectivity index (χ1v) is 5.13. The summed E-state index contributed by atoms with van der Waals surface area (Å²) in [7, 11) is 0. The fourth-order valence-electron chi connectivity index (χ4n) is 1.54. The van der Waals surface area contributed by atoms with E-state index < -0.39 is 5.97 Å². The molecule has 2 nitrogen and oxygen atoms in total. The van der Waals surface area contributed by atoms with Crippen LogP contribution in [0.5, 0.6) is 0 Å². The molecule has 2 heteroatoms. The van der Waals surface area contributed by atoms with Crippen LogP contribution in [0.4, 0.5) is 0 Å². The number of aryl methyl sites for hydroxylation is 1. The highest BCUT2D eigenvalue weighted by atomic mass is 16.4. The van der Waals surface area contributed by atoms with E-state index in [-0.39, 0.29) is 6.42 Å². The molecule has 0 aliphatic rings. The zero-order valence-corrected chi connectivity index (χ0v) is 8.94. The lowest BCUT2D eigenvalue weighted by molar-refractivity contribution is -0.136. The van der Waals surface area contributed by atoms with E-state index in [2.05, 4.69) is 6.08 Å². The van der Waals surface area contributed by atoms with E-state index >= 15 is 0 Å². The number of carboxylic acids is 1. The molecule has 0 spiro atoms. The standard InChI is InChI=1S/C13H16O2/c1-2-3-4-7-11-8-5-6-9-12(11)10-13(14)15/h2-3,5-6,8-9H,4,7,10H2,1H3,(H,14,15)/b3-2-. The molecule has 0 aromatic heterocycles. The Labute approximate surface area is 90.3 Å². The van der Waals surface area contributed by atoms with Gasteiger partial charge in [0, 0.05) is 0 Å². The second-order valence-electron chi connectivity index (χ2n) is 3.45. The molecular formula is C13H16O2. The van der Waals surface area contributed by atoms with E-state index in [1.54, 1.807) is 0 Å². The van der Waals surface area contributed by atoms with Gasteiger partial charge in [0.25, 0.3) is 0 Å². The van der Waals surface area contributed by atoms with Crippen LogP contribution in [0.25, 0.3) is 0 Å². The molecule has 1 N–H and O–H groups in total. The Morgan fingerprint density at radius 3 is 2.60 bits per heavy atom. The molecule has 0 atom stereocenters. The molecule has 1 aromatic rings. The van der Waals surface area contributed by atoms with E-state index in [9.17, 15) is 4.79 Å². The highest BCUT2D eigenvalue weighted by molar-refractivity contribution is 5.70. The first kappa shape index (κ1) is 11.5. The van der Waals surface area contributed by atoms with Gasteiger partial charge in [-0.05, 0) is 30.9 Å². The Morgan fingerprint density at radius 2 is 2.00 bits per heavy atom. The summed E-state index contributed by atoms with van der Waals surface area (Å²) in [5, 5.41) is 8.75. The highest BCUT2D eigenvalue weighted by Gasteiger charge is 2.04. The molecule has 0 amide bonds. The Bertz CT molecular complexity index is 353. The van der Waals surface area contributed by atoms with E-state index in [0.717, 1.165) is 24.0 Å². The lowest BCUT2D eigenvalue weighted by Gasteiger charge is -2.05. The van der Waals surface area contributed by atoms with Crippen molar-refractivity contribution in [3.05, 3.63) is 47.5 Å². The van der Waals surface area contributed by atoms with Gasteiger partial charge >= 0.3 is 5.97 Å². The molecule has 0 aliphatic carbocycles. The summed E-state index contributed by atoms with van der Waals surface area (Å²) in [6.07, 6.45) is 6.10. The lowest BCUT2D eigenvalue weighted by atomic mass is 10.0. The van der Waals surface area contributed by atoms with Crippen molar-refractivity contribution in [2.45, 2.75) is 26.2 Å². The number of hydrogen-bond donors (Lipinski definition) is 1. The highest BCUT2D eigenvalue weighted by Crippen LogP contribution is 2.12. The van der Waals surface area contributed by atoms with Gasteiger partial charge < -0.3 is 5.11 Å². The van der Waals surface area contributed by atoms with Crippen LogP contribution in [0, 0.1) is 0 Å². The van der Waals surface area contributed by atoms with Crippen LogP contribution < -0.4 is 0 Å². The van der Waals surface area contributed by atoms with Gasteiger partial charge in [-0.15, -0.1) is 0 Å². The summed E-state index contributed by atoms with van der Waals surface area (Å²) >= 11 is 0. The second kappa shape index (κ2) is 6.02. The van der Waals surface area contributed by atoms with Crippen molar-refractivity contribution in [2.75, 3.05) is 0 Å². The molecule has 0 unspecified atom stereocenters. The predicted octanol–water partition coefficient (Wildman–Crippen LogP) is 2.82. The van der Waals surface area contributed by atoms with Crippen LogP contribution >= 0.6 is 0 Å². The predicted molar refractivity (Wildman–Crippen MR) is 60.9 cm³/mol. The van der Waals surface area contributed by atoms with Gasteiger partial charge in [0.1, 0.15) is 0 Å². The summed E-state index contributed by atoms with van der Waals surface area (Å²) in [5.74, 6) is -0.770. The zero-order valence-electron chi connectivity index (χ0n) is 8.94. The fourth-order valence-corrected chi connectivity index (χ4v) is 1.54. The minimum Gasteiger partial charge on any atom is -0.481 e. The number of hydrogen-bond acceptors (Lipinski definition) is 1. The van der Waals surface area contributed by atoms with E-state index in [0.29, 0.717) is 0 Å². The summed E-state index contributed by atoms with van der Waals surface area (Å²) in [6.45, 7) is 1.99. The van der Waals surface area contributed by atoms with E-state index in [1.807, 2.05) is 37.3 Å². The van der Waals surface area contributed by atoms with Crippen molar-refractivity contribution in [1.29, 1.82) is 0 Å². The number of benzene rings is 1. The third-order valence-electron chi connectivity index (χ3n) is 2.28. The number of allylic oxidation sites excluding steroid dienone is 2. The topological polar surface area (TPSA) is 37.3 Å².